The van der Waals surface area contributed by atoms with E-state index in [1.165, 1.54) is 4.90 Å². The van der Waals surface area contributed by atoms with Gasteiger partial charge in [-0.15, -0.1) is 0 Å². The second-order valence-electron chi connectivity index (χ2n) is 11.9. The van der Waals surface area contributed by atoms with E-state index in [-0.39, 0.29) is 25.8 Å². The first-order chi connectivity index (χ1) is 24.2. The quantitative estimate of drug-likeness (QED) is 0.0993. The highest BCUT2D eigenvalue weighted by molar-refractivity contribution is 6.07. The van der Waals surface area contributed by atoms with Crippen molar-refractivity contribution in [2.45, 2.75) is 96.2 Å². The zero-order valence-electron chi connectivity index (χ0n) is 28.6. The van der Waals surface area contributed by atoms with Crippen molar-refractivity contribution in [3.63, 3.8) is 0 Å². The van der Waals surface area contributed by atoms with Gasteiger partial charge in [-0.1, -0.05) is 85.9 Å². The van der Waals surface area contributed by atoms with Crippen LogP contribution in [0.1, 0.15) is 93.5 Å². The second-order valence-corrected chi connectivity index (χ2v) is 11.9. The summed E-state index contributed by atoms with van der Waals surface area (Å²) >= 11 is 0. The summed E-state index contributed by atoms with van der Waals surface area (Å²) in [4.78, 5) is 75.4. The highest BCUT2D eigenvalue weighted by atomic mass is 16.4. The number of piperidine rings is 1. The van der Waals surface area contributed by atoms with Crippen molar-refractivity contribution in [1.82, 2.24) is 15.5 Å². The Hall–Kier alpha value is -5.32. The molecule has 1 aromatic carbocycles. The smallest absolute Gasteiger partial charge is 0.326 e. The van der Waals surface area contributed by atoms with Gasteiger partial charge in [-0.3, -0.25) is 29.3 Å². The van der Waals surface area contributed by atoms with E-state index < -0.39 is 54.0 Å². The maximum absolute atomic E-state index is 13.0. The van der Waals surface area contributed by atoms with Crippen LogP contribution in [0.4, 0.5) is 5.69 Å². The van der Waals surface area contributed by atoms with Crippen LogP contribution in [0.15, 0.2) is 91.1 Å². The number of hydrogen-bond acceptors (Lipinski definition) is 6. The zero-order valence-corrected chi connectivity index (χ0v) is 28.6. The Morgan fingerprint density at radius 3 is 2.00 bits per heavy atom. The van der Waals surface area contributed by atoms with E-state index >= 15 is 0 Å². The van der Waals surface area contributed by atoms with Gasteiger partial charge in [0.15, 0.2) is 0 Å². The highest BCUT2D eigenvalue weighted by Crippen LogP contribution is 2.32. The molecule has 1 saturated heterocycles. The van der Waals surface area contributed by atoms with E-state index in [0.29, 0.717) is 29.7 Å². The number of allylic oxidation sites excluding steroid dienone is 12. The van der Waals surface area contributed by atoms with Crippen LogP contribution in [0.3, 0.4) is 0 Å². The number of carbonyl (C=O) groups excluding carboxylic acids is 5. The molecule has 0 bridgehead atoms. The van der Waals surface area contributed by atoms with Crippen molar-refractivity contribution < 1.29 is 33.9 Å². The summed E-state index contributed by atoms with van der Waals surface area (Å²) in [6, 6.07) is 2.49. The van der Waals surface area contributed by atoms with Crippen LogP contribution in [-0.2, 0) is 30.5 Å². The fourth-order valence-electron chi connectivity index (χ4n) is 5.41. The molecule has 1 fully saturated rings. The molecule has 0 aliphatic carbocycles. The number of rotatable bonds is 20. The number of carboxylic acid groups (broad SMARTS) is 1. The largest absolute Gasteiger partial charge is 0.480 e. The summed E-state index contributed by atoms with van der Waals surface area (Å²) in [5, 5.41) is 17.0. The van der Waals surface area contributed by atoms with Gasteiger partial charge in [-0.2, -0.15) is 0 Å². The van der Waals surface area contributed by atoms with Crippen LogP contribution in [0, 0.1) is 0 Å². The molecule has 2 aliphatic heterocycles. The third-order valence-corrected chi connectivity index (χ3v) is 8.01. The van der Waals surface area contributed by atoms with Crippen LogP contribution in [0.25, 0.3) is 0 Å². The molecule has 3 rings (SSSR count). The van der Waals surface area contributed by atoms with Gasteiger partial charge >= 0.3 is 5.97 Å². The summed E-state index contributed by atoms with van der Waals surface area (Å²) in [7, 11) is 0. The lowest BCUT2D eigenvalue weighted by Crippen LogP contribution is -2.52. The molecule has 0 spiro atoms. The molecule has 0 aromatic heterocycles. The summed E-state index contributed by atoms with van der Waals surface area (Å²) in [6.07, 6.45) is 30.9. The van der Waals surface area contributed by atoms with Gasteiger partial charge < -0.3 is 20.6 Å². The molecule has 0 radical (unpaired) electrons. The van der Waals surface area contributed by atoms with E-state index in [2.05, 4.69) is 77.6 Å². The molecular weight excluding hydrogens is 636 g/mol. The lowest BCUT2D eigenvalue weighted by atomic mass is 10.0. The molecule has 5 amide bonds. The van der Waals surface area contributed by atoms with Gasteiger partial charge in [0.1, 0.15) is 12.1 Å². The van der Waals surface area contributed by atoms with Crippen LogP contribution in [0.5, 0.6) is 0 Å². The molecule has 1 aromatic rings. The third-order valence-electron chi connectivity index (χ3n) is 8.01. The topological polar surface area (TPSA) is 162 Å². The Bertz CT molecular complexity index is 1550. The highest BCUT2D eigenvalue weighted by Gasteiger charge is 2.40. The number of benzene rings is 1. The van der Waals surface area contributed by atoms with Crippen LogP contribution in [-0.4, -0.2) is 57.6 Å². The van der Waals surface area contributed by atoms with E-state index in [1.54, 1.807) is 18.2 Å². The molecule has 2 aliphatic rings. The predicted octanol–water partition coefficient (Wildman–Crippen LogP) is 5.82. The molecule has 0 saturated carbocycles. The fraction of sp³-hybridized carbons (Fsp3) is 0.385. The minimum absolute atomic E-state index is 0.0462. The number of carbonyl (C=O) groups is 6. The van der Waals surface area contributed by atoms with Crippen LogP contribution in [0.2, 0.25) is 0 Å². The molecule has 266 valence electrons. The van der Waals surface area contributed by atoms with Gasteiger partial charge in [0, 0.05) is 36.2 Å². The Balaban J connectivity index is 1.34. The summed E-state index contributed by atoms with van der Waals surface area (Å²) in [5.74, 6) is -3.83. The number of nitrogens with one attached hydrogen (secondary N) is 3. The minimum atomic E-state index is -1.44. The number of imide groups is 1. The third kappa shape index (κ3) is 13.3. The van der Waals surface area contributed by atoms with Gasteiger partial charge in [0.25, 0.3) is 5.91 Å². The average molecular weight is 685 g/mol. The maximum Gasteiger partial charge on any atom is 0.326 e. The van der Waals surface area contributed by atoms with E-state index in [0.717, 1.165) is 32.1 Å². The zero-order chi connectivity index (χ0) is 36.1. The summed E-state index contributed by atoms with van der Waals surface area (Å²) in [5.41, 5.74) is 1.11. The van der Waals surface area contributed by atoms with Crippen molar-refractivity contribution >= 4 is 41.2 Å². The summed E-state index contributed by atoms with van der Waals surface area (Å²) in [6.45, 7) is 2.17. The monoisotopic (exact) mass is 684 g/mol. The molecule has 4 N–H and O–H groups in total. The van der Waals surface area contributed by atoms with Gasteiger partial charge in [0.05, 0.1) is 6.42 Å². The van der Waals surface area contributed by atoms with Crippen molar-refractivity contribution in [2.75, 3.05) is 5.32 Å². The molecule has 11 nitrogen and oxygen atoms in total. The van der Waals surface area contributed by atoms with Crippen molar-refractivity contribution in [3.8, 4) is 0 Å². The predicted molar refractivity (Wildman–Crippen MR) is 193 cm³/mol. The van der Waals surface area contributed by atoms with Gasteiger partial charge in [-0.25, -0.2) is 4.79 Å². The molecule has 2 heterocycles. The first-order valence-corrected chi connectivity index (χ1v) is 17.2. The second kappa shape index (κ2) is 21.6. The maximum atomic E-state index is 13.0. The molecular formula is C39H48N4O7. The van der Waals surface area contributed by atoms with E-state index in [4.69, 9.17) is 0 Å². The van der Waals surface area contributed by atoms with Crippen LogP contribution < -0.4 is 16.0 Å². The lowest BCUT2D eigenvalue weighted by Gasteiger charge is -2.29. The standard InChI is InChI=1S/C39H48N4O7/c1-2-3-4-5-6-7-8-9-10-11-12-13-14-15-16-17-18-19-20-24-34(44)41-32(39(49)50)27-36(46)40-31-23-21-22-29-30(31)28-43(38(29)48)33-25-26-35(45)42-37(33)47/h3-4,6-7,9-10,12-13,15-16,18-19,21-23,32-33H,2,5,8,11,14,17,20,24-28H2,1H3,(H,40,46)(H,41,44)(H,49,50)(H,42,45,47)/b4-3-,7-6-,10-9-,13-12-,16-15-,19-18-/t32-,33?/m0/s1. The van der Waals surface area contributed by atoms with E-state index in [9.17, 15) is 33.9 Å². The Morgan fingerprint density at radius 2 is 1.44 bits per heavy atom. The lowest BCUT2D eigenvalue weighted by molar-refractivity contribution is -0.143. The van der Waals surface area contributed by atoms with Gasteiger partial charge in [-0.05, 0) is 63.5 Å². The SMILES string of the molecule is CC/C=C\C/C=C\C/C=C\C/C=C\C/C=C\C/C=C\CCC(=O)N[C@@H](CC(=O)Nc1cccc2c1CN(C1CCC(=O)NC1=O)C2=O)C(=O)O. The number of amides is 5. The Morgan fingerprint density at radius 1 is 0.860 bits per heavy atom. The number of hydrogen-bond donors (Lipinski definition) is 4. The first kappa shape index (κ1) is 39.1. The number of nitrogens with zero attached hydrogens (tertiary/aromatic N) is 1. The number of fused-ring (bicyclic) bond motifs is 1. The van der Waals surface area contributed by atoms with Crippen molar-refractivity contribution in [3.05, 3.63) is 102 Å². The molecule has 11 heteroatoms. The Labute approximate surface area is 293 Å². The van der Waals surface area contributed by atoms with Crippen LogP contribution >= 0.6 is 0 Å². The van der Waals surface area contributed by atoms with Crippen molar-refractivity contribution in [2.24, 2.45) is 0 Å². The fourth-order valence-corrected chi connectivity index (χ4v) is 5.41. The number of aliphatic carboxylic acids is 1. The minimum Gasteiger partial charge on any atom is -0.480 e. The first-order valence-electron chi connectivity index (χ1n) is 17.2. The molecule has 2 atom stereocenters. The molecule has 1 unspecified atom stereocenters. The number of anilines is 1. The van der Waals surface area contributed by atoms with Gasteiger partial charge in [0.2, 0.25) is 23.6 Å². The van der Waals surface area contributed by atoms with Crippen molar-refractivity contribution in [1.29, 1.82) is 0 Å². The van der Waals surface area contributed by atoms with E-state index in [1.807, 2.05) is 18.2 Å². The molecule has 50 heavy (non-hydrogen) atoms. The number of carboxylic acids is 1. The average Bonchev–Trinajstić information content (AvgIpc) is 3.42. The summed E-state index contributed by atoms with van der Waals surface area (Å²) < 4.78 is 0. The normalized spacial score (nSPS) is 17.2. The Kier molecular flexibility index (Phi) is 16.9.